The number of ether oxygens (including phenoxy) is 2. The zero-order valence-electron chi connectivity index (χ0n) is 10.2. The van der Waals surface area contributed by atoms with Crippen LogP contribution in [-0.2, 0) is 9.53 Å². The van der Waals surface area contributed by atoms with Gasteiger partial charge in [-0.3, -0.25) is 4.79 Å². The maximum atomic E-state index is 11.6. The summed E-state index contributed by atoms with van der Waals surface area (Å²) >= 11 is 0. The number of benzene rings is 1. The number of carbonyl (C=O) groups is 1. The Labute approximate surface area is 106 Å². The Morgan fingerprint density at radius 2 is 2.33 bits per heavy atom. The van der Waals surface area contributed by atoms with Crippen LogP contribution in [0.4, 0.5) is 5.69 Å². The van der Waals surface area contributed by atoms with Crippen LogP contribution < -0.4 is 15.8 Å². The molecule has 18 heavy (non-hydrogen) atoms. The predicted octanol–water partition coefficient (Wildman–Crippen LogP) is 0.800. The predicted molar refractivity (Wildman–Crippen MR) is 68.3 cm³/mol. The van der Waals surface area contributed by atoms with Crippen LogP contribution in [0.3, 0.4) is 0 Å². The second-order valence-electron chi connectivity index (χ2n) is 4.36. The average molecular weight is 250 g/mol. The minimum absolute atomic E-state index is 0.0121. The van der Waals surface area contributed by atoms with E-state index in [2.05, 4.69) is 5.32 Å². The lowest BCUT2D eigenvalue weighted by Crippen LogP contribution is -2.33. The number of anilines is 1. The van der Waals surface area contributed by atoms with Crippen molar-refractivity contribution in [3.05, 3.63) is 24.3 Å². The van der Waals surface area contributed by atoms with Crippen LogP contribution in [-0.4, -0.2) is 32.3 Å². The van der Waals surface area contributed by atoms with E-state index < -0.39 is 0 Å². The number of rotatable bonds is 5. The summed E-state index contributed by atoms with van der Waals surface area (Å²) < 4.78 is 10.6. The third kappa shape index (κ3) is 3.63. The monoisotopic (exact) mass is 250 g/mol. The zero-order valence-corrected chi connectivity index (χ0v) is 10.2. The minimum Gasteiger partial charge on any atom is -0.482 e. The summed E-state index contributed by atoms with van der Waals surface area (Å²) in [4.78, 5) is 11.6. The highest BCUT2D eigenvalue weighted by molar-refractivity contribution is 5.77. The van der Waals surface area contributed by atoms with E-state index in [1.807, 2.05) is 12.1 Å². The van der Waals surface area contributed by atoms with Crippen molar-refractivity contribution in [1.29, 1.82) is 0 Å². The molecular weight excluding hydrogens is 232 g/mol. The molecular formula is C13H18N2O3. The molecule has 0 aromatic heterocycles. The number of nitrogen functional groups attached to an aromatic ring is 1. The van der Waals surface area contributed by atoms with Crippen molar-refractivity contribution in [2.24, 2.45) is 5.92 Å². The van der Waals surface area contributed by atoms with E-state index in [0.717, 1.165) is 19.6 Å². The van der Waals surface area contributed by atoms with E-state index in [9.17, 15) is 4.79 Å². The van der Waals surface area contributed by atoms with Crippen LogP contribution in [0.2, 0.25) is 0 Å². The molecule has 0 aliphatic carbocycles. The highest BCUT2D eigenvalue weighted by Gasteiger charge is 2.16. The fourth-order valence-corrected chi connectivity index (χ4v) is 1.81. The first-order chi connectivity index (χ1) is 8.75. The molecule has 1 aliphatic rings. The van der Waals surface area contributed by atoms with Crippen LogP contribution in [0.15, 0.2) is 24.3 Å². The average Bonchev–Trinajstić information content (AvgIpc) is 2.88. The second kappa shape index (κ2) is 6.26. The molecule has 1 amide bonds. The van der Waals surface area contributed by atoms with Gasteiger partial charge in [0.1, 0.15) is 5.75 Å². The van der Waals surface area contributed by atoms with Gasteiger partial charge in [-0.25, -0.2) is 0 Å². The number of hydrogen-bond acceptors (Lipinski definition) is 4. The Kier molecular flexibility index (Phi) is 4.41. The number of nitrogens with one attached hydrogen (secondary N) is 1. The minimum atomic E-state index is -0.134. The fourth-order valence-electron chi connectivity index (χ4n) is 1.81. The number of carbonyl (C=O) groups excluding carboxylic acids is 1. The Morgan fingerprint density at radius 1 is 1.50 bits per heavy atom. The molecule has 1 aromatic carbocycles. The van der Waals surface area contributed by atoms with Gasteiger partial charge in [0.2, 0.25) is 0 Å². The molecule has 1 fully saturated rings. The molecule has 1 aliphatic heterocycles. The summed E-state index contributed by atoms with van der Waals surface area (Å²) in [6.07, 6.45) is 1.01. The molecule has 1 saturated heterocycles. The lowest BCUT2D eigenvalue weighted by molar-refractivity contribution is -0.123. The standard InChI is InChI=1S/C13H18N2O3/c14-11-3-1-2-4-12(11)18-9-13(16)15-7-10-5-6-17-8-10/h1-4,10H,5-9,14H2,(H,15,16). The molecule has 1 unspecified atom stereocenters. The topological polar surface area (TPSA) is 73.6 Å². The first kappa shape index (κ1) is 12.7. The SMILES string of the molecule is Nc1ccccc1OCC(=O)NCC1CCOC1. The quantitative estimate of drug-likeness (QED) is 0.758. The molecule has 1 aromatic rings. The molecule has 2 rings (SSSR count). The summed E-state index contributed by atoms with van der Waals surface area (Å²) in [7, 11) is 0. The van der Waals surface area contributed by atoms with Crippen molar-refractivity contribution >= 4 is 11.6 Å². The highest BCUT2D eigenvalue weighted by Crippen LogP contribution is 2.19. The van der Waals surface area contributed by atoms with E-state index >= 15 is 0 Å². The Hall–Kier alpha value is -1.75. The molecule has 1 atom stereocenters. The number of nitrogens with two attached hydrogens (primary N) is 1. The first-order valence-electron chi connectivity index (χ1n) is 6.07. The molecule has 0 radical (unpaired) electrons. The third-order valence-corrected chi connectivity index (χ3v) is 2.89. The van der Waals surface area contributed by atoms with Gasteiger partial charge in [0.05, 0.1) is 12.3 Å². The molecule has 5 heteroatoms. The summed E-state index contributed by atoms with van der Waals surface area (Å²) in [5.41, 5.74) is 6.24. The van der Waals surface area contributed by atoms with Crippen LogP contribution in [0.1, 0.15) is 6.42 Å². The van der Waals surface area contributed by atoms with Crippen LogP contribution in [0.5, 0.6) is 5.75 Å². The smallest absolute Gasteiger partial charge is 0.257 e. The molecule has 1 heterocycles. The largest absolute Gasteiger partial charge is 0.482 e. The van der Waals surface area contributed by atoms with Crippen molar-refractivity contribution in [1.82, 2.24) is 5.32 Å². The Morgan fingerprint density at radius 3 is 3.06 bits per heavy atom. The molecule has 5 nitrogen and oxygen atoms in total. The Balaban J connectivity index is 1.69. The first-order valence-corrected chi connectivity index (χ1v) is 6.07. The summed E-state index contributed by atoms with van der Waals surface area (Å²) in [6, 6.07) is 7.12. The fraction of sp³-hybridized carbons (Fsp3) is 0.462. The maximum absolute atomic E-state index is 11.6. The third-order valence-electron chi connectivity index (χ3n) is 2.89. The number of amides is 1. The van der Waals surface area contributed by atoms with Crippen molar-refractivity contribution in [2.75, 3.05) is 32.1 Å². The van der Waals surface area contributed by atoms with Gasteiger partial charge in [-0.05, 0) is 18.6 Å². The second-order valence-corrected chi connectivity index (χ2v) is 4.36. The van der Waals surface area contributed by atoms with Gasteiger partial charge in [0.25, 0.3) is 5.91 Å². The lowest BCUT2D eigenvalue weighted by atomic mass is 10.1. The van der Waals surface area contributed by atoms with Gasteiger partial charge < -0.3 is 20.5 Å². The van der Waals surface area contributed by atoms with E-state index in [4.69, 9.17) is 15.2 Å². The molecule has 3 N–H and O–H groups in total. The zero-order chi connectivity index (χ0) is 12.8. The molecule has 98 valence electrons. The van der Waals surface area contributed by atoms with Crippen LogP contribution in [0, 0.1) is 5.92 Å². The summed E-state index contributed by atoms with van der Waals surface area (Å²) in [5.74, 6) is 0.831. The summed E-state index contributed by atoms with van der Waals surface area (Å²) in [5, 5.41) is 2.83. The van der Waals surface area contributed by atoms with Crippen molar-refractivity contribution in [3.63, 3.8) is 0 Å². The Bertz CT molecular complexity index is 403. The van der Waals surface area contributed by atoms with Crippen molar-refractivity contribution < 1.29 is 14.3 Å². The van der Waals surface area contributed by atoms with E-state index in [-0.39, 0.29) is 12.5 Å². The lowest BCUT2D eigenvalue weighted by Gasteiger charge is -2.11. The van der Waals surface area contributed by atoms with E-state index in [0.29, 0.717) is 23.9 Å². The van der Waals surface area contributed by atoms with Gasteiger partial charge in [0, 0.05) is 19.1 Å². The van der Waals surface area contributed by atoms with Gasteiger partial charge in [-0.2, -0.15) is 0 Å². The van der Waals surface area contributed by atoms with Gasteiger partial charge in [-0.15, -0.1) is 0 Å². The molecule has 0 bridgehead atoms. The maximum Gasteiger partial charge on any atom is 0.257 e. The van der Waals surface area contributed by atoms with E-state index in [1.165, 1.54) is 0 Å². The number of para-hydroxylation sites is 2. The normalized spacial score (nSPS) is 18.6. The van der Waals surface area contributed by atoms with E-state index in [1.54, 1.807) is 12.1 Å². The van der Waals surface area contributed by atoms with Crippen molar-refractivity contribution in [2.45, 2.75) is 6.42 Å². The molecule has 0 spiro atoms. The van der Waals surface area contributed by atoms with Gasteiger partial charge in [-0.1, -0.05) is 12.1 Å². The van der Waals surface area contributed by atoms with Crippen LogP contribution >= 0.6 is 0 Å². The number of hydrogen-bond donors (Lipinski definition) is 2. The highest BCUT2D eigenvalue weighted by atomic mass is 16.5. The van der Waals surface area contributed by atoms with Gasteiger partial charge in [0.15, 0.2) is 6.61 Å². The van der Waals surface area contributed by atoms with Crippen LogP contribution in [0.25, 0.3) is 0 Å². The van der Waals surface area contributed by atoms with Gasteiger partial charge >= 0.3 is 0 Å². The molecule has 0 saturated carbocycles. The summed E-state index contributed by atoms with van der Waals surface area (Å²) in [6.45, 7) is 2.15. The van der Waals surface area contributed by atoms with Crippen molar-refractivity contribution in [3.8, 4) is 5.75 Å².